The number of benzene rings is 1. The average molecular weight is 319 g/mol. The van der Waals surface area contributed by atoms with Crippen molar-refractivity contribution in [2.75, 3.05) is 26.7 Å². The Morgan fingerprint density at radius 1 is 1.30 bits per heavy atom. The van der Waals surface area contributed by atoms with Gasteiger partial charge in [0, 0.05) is 32.1 Å². The van der Waals surface area contributed by atoms with E-state index in [2.05, 4.69) is 41.5 Å². The van der Waals surface area contributed by atoms with Crippen molar-refractivity contribution >= 4 is 11.9 Å². The minimum absolute atomic E-state index is 0.00577. The second-order valence-corrected chi connectivity index (χ2v) is 6.35. The minimum Gasteiger partial charge on any atom is -0.370 e. The van der Waals surface area contributed by atoms with E-state index in [9.17, 15) is 9.59 Å². The summed E-state index contributed by atoms with van der Waals surface area (Å²) in [4.78, 5) is 25.2. The molecule has 0 aliphatic carbocycles. The fourth-order valence-corrected chi connectivity index (χ4v) is 2.65. The van der Waals surface area contributed by atoms with E-state index in [4.69, 9.17) is 4.74 Å². The molecule has 0 saturated carbocycles. The number of hydrogen-bond donors (Lipinski definition) is 2. The molecule has 3 amide bonds. The van der Waals surface area contributed by atoms with Gasteiger partial charge in [-0.2, -0.15) is 0 Å². The zero-order chi connectivity index (χ0) is 16.9. The first-order chi connectivity index (χ1) is 10.9. The van der Waals surface area contributed by atoms with Crippen LogP contribution in [-0.2, 0) is 9.53 Å². The SMILES string of the molecule is CNC(=O)NC(=O)CCN1C[C@@H](c2ccccc2)OCC1(C)C. The number of carbonyl (C=O) groups excluding carboxylic acids is 2. The summed E-state index contributed by atoms with van der Waals surface area (Å²) in [5.41, 5.74) is 1.00. The summed E-state index contributed by atoms with van der Waals surface area (Å²) in [6.45, 7) is 6.12. The predicted molar refractivity (Wildman–Crippen MR) is 88.0 cm³/mol. The normalized spacial score (nSPS) is 20.7. The molecule has 6 heteroatoms. The average Bonchev–Trinajstić information content (AvgIpc) is 2.54. The Morgan fingerprint density at radius 2 is 2.00 bits per heavy atom. The van der Waals surface area contributed by atoms with Gasteiger partial charge in [0.25, 0.3) is 0 Å². The summed E-state index contributed by atoms with van der Waals surface area (Å²) in [5.74, 6) is -0.275. The van der Waals surface area contributed by atoms with Crippen molar-refractivity contribution in [2.45, 2.75) is 31.9 Å². The molecule has 0 unspecified atom stereocenters. The van der Waals surface area contributed by atoms with Gasteiger partial charge in [0.05, 0.1) is 12.7 Å². The quantitative estimate of drug-likeness (QED) is 0.886. The Balaban J connectivity index is 1.95. The molecule has 1 fully saturated rings. The first kappa shape index (κ1) is 17.4. The largest absolute Gasteiger partial charge is 0.370 e. The van der Waals surface area contributed by atoms with Crippen LogP contribution in [0.15, 0.2) is 30.3 Å². The maximum Gasteiger partial charge on any atom is 0.321 e. The lowest BCUT2D eigenvalue weighted by atomic mass is 9.98. The van der Waals surface area contributed by atoms with Crippen LogP contribution in [0.2, 0.25) is 0 Å². The van der Waals surface area contributed by atoms with E-state index in [1.807, 2.05) is 18.2 Å². The molecule has 2 rings (SSSR count). The van der Waals surface area contributed by atoms with Gasteiger partial charge in [0.15, 0.2) is 0 Å². The molecule has 1 heterocycles. The standard InChI is InChI=1S/C17H25N3O3/c1-17(2)12-23-14(13-7-5-4-6-8-13)11-20(17)10-9-15(21)19-16(22)18-3/h4-8,14H,9-12H2,1-3H3,(H2,18,19,21,22)/t14-/m0/s1. The molecule has 1 aliphatic rings. The van der Waals surface area contributed by atoms with E-state index in [1.54, 1.807) is 0 Å². The van der Waals surface area contributed by atoms with Gasteiger partial charge in [0.1, 0.15) is 0 Å². The monoisotopic (exact) mass is 319 g/mol. The van der Waals surface area contributed by atoms with Crippen molar-refractivity contribution < 1.29 is 14.3 Å². The number of urea groups is 1. The summed E-state index contributed by atoms with van der Waals surface area (Å²) >= 11 is 0. The van der Waals surface area contributed by atoms with Crippen LogP contribution in [0.3, 0.4) is 0 Å². The molecular weight excluding hydrogens is 294 g/mol. The number of rotatable bonds is 4. The molecule has 1 aliphatic heterocycles. The van der Waals surface area contributed by atoms with Crippen LogP contribution in [0.25, 0.3) is 0 Å². The van der Waals surface area contributed by atoms with Crippen molar-refractivity contribution in [1.82, 2.24) is 15.5 Å². The Morgan fingerprint density at radius 3 is 2.65 bits per heavy atom. The molecular formula is C17H25N3O3. The molecule has 6 nitrogen and oxygen atoms in total. The zero-order valence-corrected chi connectivity index (χ0v) is 14.0. The molecule has 1 aromatic carbocycles. The highest BCUT2D eigenvalue weighted by Gasteiger charge is 2.35. The summed E-state index contributed by atoms with van der Waals surface area (Å²) < 4.78 is 5.99. The van der Waals surface area contributed by atoms with Crippen LogP contribution in [0.5, 0.6) is 0 Å². The van der Waals surface area contributed by atoms with E-state index in [0.717, 1.165) is 12.1 Å². The number of carbonyl (C=O) groups is 2. The summed E-state index contributed by atoms with van der Waals surface area (Å²) in [6, 6.07) is 9.62. The van der Waals surface area contributed by atoms with Crippen LogP contribution in [0.4, 0.5) is 4.79 Å². The van der Waals surface area contributed by atoms with Gasteiger partial charge in [0.2, 0.25) is 5.91 Å². The van der Waals surface area contributed by atoms with Crippen LogP contribution in [-0.4, -0.2) is 49.1 Å². The zero-order valence-electron chi connectivity index (χ0n) is 14.0. The number of amides is 3. The van der Waals surface area contributed by atoms with Crippen LogP contribution in [0.1, 0.15) is 31.9 Å². The van der Waals surface area contributed by atoms with Crippen LogP contribution < -0.4 is 10.6 Å². The van der Waals surface area contributed by atoms with E-state index in [0.29, 0.717) is 13.2 Å². The molecule has 23 heavy (non-hydrogen) atoms. The van der Waals surface area contributed by atoms with E-state index < -0.39 is 6.03 Å². The summed E-state index contributed by atoms with van der Waals surface area (Å²) in [5, 5.41) is 4.67. The highest BCUT2D eigenvalue weighted by Crippen LogP contribution is 2.30. The molecule has 126 valence electrons. The number of imide groups is 1. The molecule has 1 aromatic rings. The maximum atomic E-state index is 11.8. The van der Waals surface area contributed by atoms with E-state index in [1.165, 1.54) is 7.05 Å². The minimum atomic E-state index is -0.474. The topological polar surface area (TPSA) is 70.7 Å². The lowest BCUT2D eigenvalue weighted by molar-refractivity contribution is -0.124. The lowest BCUT2D eigenvalue weighted by Crippen LogP contribution is -2.54. The Kier molecular flexibility index (Phi) is 5.74. The van der Waals surface area contributed by atoms with Gasteiger partial charge in [-0.05, 0) is 19.4 Å². The first-order valence-electron chi connectivity index (χ1n) is 7.85. The van der Waals surface area contributed by atoms with E-state index in [-0.39, 0.29) is 24.0 Å². The molecule has 0 radical (unpaired) electrons. The fourth-order valence-electron chi connectivity index (χ4n) is 2.65. The first-order valence-corrected chi connectivity index (χ1v) is 7.85. The molecule has 1 atom stereocenters. The third-order valence-electron chi connectivity index (χ3n) is 4.14. The maximum absolute atomic E-state index is 11.8. The fraction of sp³-hybridized carbons (Fsp3) is 0.529. The van der Waals surface area contributed by atoms with Gasteiger partial charge < -0.3 is 10.1 Å². The van der Waals surface area contributed by atoms with Gasteiger partial charge >= 0.3 is 6.03 Å². The number of morpholine rings is 1. The van der Waals surface area contributed by atoms with Crippen molar-refractivity contribution in [3.8, 4) is 0 Å². The molecule has 0 spiro atoms. The second-order valence-electron chi connectivity index (χ2n) is 6.35. The Bertz CT molecular complexity index is 545. The molecule has 0 aromatic heterocycles. The van der Waals surface area contributed by atoms with Crippen molar-refractivity contribution in [3.05, 3.63) is 35.9 Å². The Labute approximate surface area is 137 Å². The highest BCUT2D eigenvalue weighted by molar-refractivity contribution is 5.94. The van der Waals surface area contributed by atoms with Crippen molar-refractivity contribution in [2.24, 2.45) is 0 Å². The molecule has 2 N–H and O–H groups in total. The van der Waals surface area contributed by atoms with Crippen LogP contribution in [0, 0.1) is 0 Å². The summed E-state index contributed by atoms with van der Waals surface area (Å²) in [7, 11) is 1.48. The second kappa shape index (κ2) is 7.57. The highest BCUT2D eigenvalue weighted by atomic mass is 16.5. The predicted octanol–water partition coefficient (Wildman–Crippen LogP) is 1.68. The van der Waals surface area contributed by atoms with Crippen molar-refractivity contribution in [1.29, 1.82) is 0 Å². The smallest absolute Gasteiger partial charge is 0.321 e. The van der Waals surface area contributed by atoms with Gasteiger partial charge in [-0.15, -0.1) is 0 Å². The number of hydrogen-bond acceptors (Lipinski definition) is 4. The van der Waals surface area contributed by atoms with Crippen molar-refractivity contribution in [3.63, 3.8) is 0 Å². The third kappa shape index (κ3) is 4.77. The van der Waals surface area contributed by atoms with Gasteiger partial charge in [-0.1, -0.05) is 30.3 Å². The number of ether oxygens (including phenoxy) is 1. The van der Waals surface area contributed by atoms with Crippen LogP contribution >= 0.6 is 0 Å². The summed E-state index contributed by atoms with van der Waals surface area (Å²) in [6.07, 6.45) is 0.282. The number of nitrogens with one attached hydrogen (secondary N) is 2. The molecule has 0 bridgehead atoms. The van der Waals surface area contributed by atoms with Gasteiger partial charge in [-0.25, -0.2) is 4.79 Å². The Hall–Kier alpha value is -1.92. The van der Waals surface area contributed by atoms with Gasteiger partial charge in [-0.3, -0.25) is 15.0 Å². The van der Waals surface area contributed by atoms with E-state index >= 15 is 0 Å². The third-order valence-corrected chi connectivity index (χ3v) is 4.14. The lowest BCUT2D eigenvalue weighted by Gasteiger charge is -2.45. The molecule has 1 saturated heterocycles. The number of nitrogens with zero attached hydrogens (tertiary/aromatic N) is 1.